The van der Waals surface area contributed by atoms with E-state index in [9.17, 15) is 9.59 Å². The molecule has 1 amide bonds. The molecule has 1 atom stereocenters. The third kappa shape index (κ3) is 6.34. The highest BCUT2D eigenvalue weighted by Crippen LogP contribution is 2.29. The van der Waals surface area contributed by atoms with Crippen molar-refractivity contribution in [3.05, 3.63) is 84.2 Å². The van der Waals surface area contributed by atoms with Crippen LogP contribution in [0.15, 0.2) is 73.1 Å². The number of ether oxygens (including phenoxy) is 2. The molecule has 1 aromatic heterocycles. The predicted octanol–water partition coefficient (Wildman–Crippen LogP) is 4.35. The maximum absolute atomic E-state index is 13.1. The van der Waals surface area contributed by atoms with Crippen LogP contribution in [0.3, 0.4) is 0 Å². The molecule has 0 saturated carbocycles. The Bertz CT molecular complexity index is 1030. The van der Waals surface area contributed by atoms with Crippen LogP contribution < -0.4 is 10.1 Å². The number of pyridine rings is 1. The highest BCUT2D eigenvalue weighted by molar-refractivity contribution is 7.98. The van der Waals surface area contributed by atoms with E-state index in [1.54, 1.807) is 36.3 Å². The summed E-state index contributed by atoms with van der Waals surface area (Å²) in [6.07, 6.45) is 5.91. The minimum absolute atomic E-state index is 0.334. The Labute approximate surface area is 192 Å². The number of benzene rings is 2. The minimum atomic E-state index is -0.704. The lowest BCUT2D eigenvalue weighted by atomic mass is 9.98. The smallest absolute Gasteiger partial charge is 0.328 e. The van der Waals surface area contributed by atoms with Crippen LogP contribution in [0.25, 0.3) is 11.1 Å². The van der Waals surface area contributed by atoms with Gasteiger partial charge in [-0.05, 0) is 53.8 Å². The number of aromatic nitrogens is 1. The van der Waals surface area contributed by atoms with Crippen molar-refractivity contribution in [1.29, 1.82) is 0 Å². The van der Waals surface area contributed by atoms with Gasteiger partial charge < -0.3 is 14.8 Å². The van der Waals surface area contributed by atoms with Gasteiger partial charge in [0.2, 0.25) is 0 Å². The van der Waals surface area contributed by atoms with E-state index in [1.807, 2.05) is 54.8 Å². The molecule has 6 nitrogen and oxygen atoms in total. The van der Waals surface area contributed by atoms with Gasteiger partial charge in [0.15, 0.2) is 0 Å². The first kappa shape index (κ1) is 23.3. The minimum Gasteiger partial charge on any atom is -0.489 e. The van der Waals surface area contributed by atoms with E-state index in [1.165, 1.54) is 7.11 Å². The first-order valence-electron chi connectivity index (χ1n) is 10.2. The number of rotatable bonds is 10. The summed E-state index contributed by atoms with van der Waals surface area (Å²) in [6, 6.07) is 18.0. The molecular formula is C25H26N2O4S. The summed E-state index contributed by atoms with van der Waals surface area (Å²) in [6.45, 7) is 0.368. The monoisotopic (exact) mass is 450 g/mol. The van der Waals surface area contributed by atoms with Crippen LogP contribution in [0.5, 0.6) is 5.75 Å². The van der Waals surface area contributed by atoms with Gasteiger partial charge in [-0.15, -0.1) is 0 Å². The molecule has 32 heavy (non-hydrogen) atoms. The second kappa shape index (κ2) is 11.9. The maximum atomic E-state index is 13.1. The number of hydrogen-bond acceptors (Lipinski definition) is 6. The summed E-state index contributed by atoms with van der Waals surface area (Å²) in [4.78, 5) is 29.4. The molecule has 0 aliphatic rings. The number of carbonyl (C=O) groups is 2. The molecule has 1 heterocycles. The number of amides is 1. The highest BCUT2D eigenvalue weighted by Gasteiger charge is 2.23. The molecule has 0 fully saturated rings. The lowest BCUT2D eigenvalue weighted by molar-refractivity contribution is -0.142. The van der Waals surface area contributed by atoms with Crippen LogP contribution in [0, 0.1) is 0 Å². The molecule has 0 unspecified atom stereocenters. The molecule has 0 bridgehead atoms. The molecule has 2 aromatic carbocycles. The lowest BCUT2D eigenvalue weighted by Crippen LogP contribution is -2.42. The van der Waals surface area contributed by atoms with Gasteiger partial charge in [0.25, 0.3) is 5.91 Å². The van der Waals surface area contributed by atoms with E-state index in [2.05, 4.69) is 10.3 Å². The van der Waals surface area contributed by atoms with Crippen molar-refractivity contribution in [2.24, 2.45) is 0 Å². The summed E-state index contributed by atoms with van der Waals surface area (Å²) in [7, 11) is 1.32. The van der Waals surface area contributed by atoms with Crippen molar-refractivity contribution in [2.75, 3.05) is 19.1 Å². The number of esters is 1. The number of methoxy groups -OCH3 is 1. The first-order chi connectivity index (χ1) is 15.6. The Morgan fingerprint density at radius 1 is 1.09 bits per heavy atom. The van der Waals surface area contributed by atoms with Gasteiger partial charge in [-0.2, -0.15) is 11.8 Å². The Kier molecular flexibility index (Phi) is 8.69. The zero-order chi connectivity index (χ0) is 22.8. The molecule has 7 heteroatoms. The van der Waals surface area contributed by atoms with Crippen molar-refractivity contribution < 1.29 is 19.1 Å². The molecule has 0 aliphatic carbocycles. The zero-order valence-corrected chi connectivity index (χ0v) is 18.9. The van der Waals surface area contributed by atoms with Crippen LogP contribution >= 0.6 is 11.8 Å². The van der Waals surface area contributed by atoms with Crippen LogP contribution in [-0.4, -0.2) is 42.0 Å². The molecule has 0 aliphatic heterocycles. The van der Waals surface area contributed by atoms with Crippen LogP contribution in [0.4, 0.5) is 0 Å². The van der Waals surface area contributed by atoms with Crippen molar-refractivity contribution in [3.8, 4) is 16.9 Å². The summed E-state index contributed by atoms with van der Waals surface area (Å²) in [5.74, 6) is 0.576. The van der Waals surface area contributed by atoms with Crippen molar-refractivity contribution in [3.63, 3.8) is 0 Å². The Morgan fingerprint density at radius 3 is 2.59 bits per heavy atom. The van der Waals surface area contributed by atoms with E-state index < -0.39 is 12.0 Å². The van der Waals surface area contributed by atoms with Gasteiger partial charge in [-0.25, -0.2) is 4.79 Å². The third-order valence-corrected chi connectivity index (χ3v) is 5.49. The quantitative estimate of drug-likeness (QED) is 0.463. The Morgan fingerprint density at radius 2 is 1.91 bits per heavy atom. The van der Waals surface area contributed by atoms with Crippen LogP contribution in [0.1, 0.15) is 22.3 Å². The van der Waals surface area contributed by atoms with Crippen LogP contribution in [-0.2, 0) is 16.1 Å². The number of hydrogen-bond donors (Lipinski definition) is 1. The SMILES string of the molecule is COC(=O)[C@H](CCSC)NC(=O)c1ccc(OCc2cccnc2)cc1-c1ccccc1. The molecule has 0 saturated heterocycles. The fraction of sp³-hybridized carbons (Fsp3) is 0.240. The van der Waals surface area contributed by atoms with Crippen LogP contribution in [0.2, 0.25) is 0 Å². The van der Waals surface area contributed by atoms with E-state index >= 15 is 0 Å². The van der Waals surface area contributed by atoms with Gasteiger partial charge in [0, 0.05) is 23.5 Å². The van der Waals surface area contributed by atoms with E-state index in [-0.39, 0.29) is 5.91 Å². The Hall–Kier alpha value is -3.32. The average molecular weight is 451 g/mol. The van der Waals surface area contributed by atoms with Gasteiger partial charge >= 0.3 is 5.97 Å². The predicted molar refractivity (Wildman–Crippen MR) is 127 cm³/mol. The second-order valence-corrected chi connectivity index (χ2v) is 8.04. The van der Waals surface area contributed by atoms with Crippen molar-refractivity contribution in [1.82, 2.24) is 10.3 Å². The number of thioether (sulfide) groups is 1. The zero-order valence-electron chi connectivity index (χ0n) is 18.1. The Balaban J connectivity index is 1.86. The summed E-state index contributed by atoms with van der Waals surface area (Å²) in [5.41, 5.74) is 3.01. The van der Waals surface area contributed by atoms with Gasteiger partial charge in [0.1, 0.15) is 18.4 Å². The topological polar surface area (TPSA) is 77.5 Å². The summed E-state index contributed by atoms with van der Waals surface area (Å²) < 4.78 is 10.8. The normalized spacial score (nSPS) is 11.4. The fourth-order valence-corrected chi connectivity index (χ4v) is 3.65. The molecular weight excluding hydrogens is 424 g/mol. The lowest BCUT2D eigenvalue weighted by Gasteiger charge is -2.18. The van der Waals surface area contributed by atoms with E-state index in [4.69, 9.17) is 9.47 Å². The summed E-state index contributed by atoms with van der Waals surface area (Å²) >= 11 is 1.61. The molecule has 0 radical (unpaired) electrons. The molecule has 0 spiro atoms. The highest BCUT2D eigenvalue weighted by atomic mass is 32.2. The van der Waals surface area contributed by atoms with Gasteiger partial charge in [-0.3, -0.25) is 9.78 Å². The van der Waals surface area contributed by atoms with E-state index in [0.29, 0.717) is 24.3 Å². The summed E-state index contributed by atoms with van der Waals surface area (Å²) in [5, 5.41) is 2.83. The van der Waals surface area contributed by atoms with Crippen molar-refractivity contribution >= 4 is 23.6 Å². The average Bonchev–Trinajstić information content (AvgIpc) is 2.85. The standard InChI is InChI=1S/C25H26N2O4S/c1-30-25(29)23(12-14-32-2)27-24(28)21-11-10-20(31-17-18-7-6-13-26-16-18)15-22(21)19-8-4-3-5-9-19/h3-11,13,15-16,23H,12,14,17H2,1-2H3,(H,27,28)/t23-/m0/s1. The molecule has 166 valence electrons. The van der Waals surface area contributed by atoms with Crippen molar-refractivity contribution in [2.45, 2.75) is 19.1 Å². The second-order valence-electron chi connectivity index (χ2n) is 7.05. The third-order valence-electron chi connectivity index (χ3n) is 4.85. The van der Waals surface area contributed by atoms with Gasteiger partial charge in [0.05, 0.1) is 7.11 Å². The number of nitrogens with zero attached hydrogens (tertiary/aromatic N) is 1. The van der Waals surface area contributed by atoms with Gasteiger partial charge in [-0.1, -0.05) is 36.4 Å². The number of nitrogens with one attached hydrogen (secondary N) is 1. The molecule has 3 rings (SSSR count). The fourth-order valence-electron chi connectivity index (χ4n) is 3.18. The molecule has 3 aromatic rings. The van der Waals surface area contributed by atoms with E-state index in [0.717, 1.165) is 22.4 Å². The molecule has 1 N–H and O–H groups in total. The first-order valence-corrected chi connectivity index (χ1v) is 11.6. The largest absolute Gasteiger partial charge is 0.489 e. The number of carbonyl (C=O) groups excluding carboxylic acids is 2. The maximum Gasteiger partial charge on any atom is 0.328 e.